The van der Waals surface area contributed by atoms with Gasteiger partial charge in [0, 0.05) is 26.4 Å². The standard InChI is InChI=1S/C13H21N3O/c1-4-16-7-5-6-12(16)8-11-9-13(10(2)17)15(3)14-11/h9,12H,4-8H2,1-3H3. The summed E-state index contributed by atoms with van der Waals surface area (Å²) in [6.07, 6.45) is 3.50. The third-order valence-electron chi connectivity index (χ3n) is 3.64. The molecule has 0 aliphatic carbocycles. The lowest BCUT2D eigenvalue weighted by molar-refractivity contribution is 0.100. The van der Waals surface area contributed by atoms with Crippen LogP contribution in [0, 0.1) is 0 Å². The Balaban J connectivity index is 2.08. The fraction of sp³-hybridized carbons (Fsp3) is 0.692. The Morgan fingerprint density at radius 3 is 2.94 bits per heavy atom. The van der Waals surface area contributed by atoms with Crippen molar-refractivity contribution in [3.8, 4) is 0 Å². The molecule has 1 aliphatic rings. The molecular weight excluding hydrogens is 214 g/mol. The Bertz CT molecular complexity index is 411. The molecule has 0 bridgehead atoms. The number of hydrogen-bond donors (Lipinski definition) is 0. The van der Waals surface area contributed by atoms with E-state index in [4.69, 9.17) is 0 Å². The van der Waals surface area contributed by atoms with E-state index >= 15 is 0 Å². The summed E-state index contributed by atoms with van der Waals surface area (Å²) in [4.78, 5) is 13.9. The highest BCUT2D eigenvalue weighted by atomic mass is 16.1. The van der Waals surface area contributed by atoms with E-state index in [2.05, 4.69) is 16.9 Å². The summed E-state index contributed by atoms with van der Waals surface area (Å²) in [5.41, 5.74) is 1.75. The lowest BCUT2D eigenvalue weighted by atomic mass is 10.1. The van der Waals surface area contributed by atoms with Crippen LogP contribution < -0.4 is 0 Å². The molecule has 1 aromatic rings. The quantitative estimate of drug-likeness (QED) is 0.745. The number of hydrogen-bond acceptors (Lipinski definition) is 3. The van der Waals surface area contributed by atoms with Crippen molar-refractivity contribution in [2.75, 3.05) is 13.1 Å². The van der Waals surface area contributed by atoms with Crippen LogP contribution in [-0.4, -0.2) is 39.6 Å². The van der Waals surface area contributed by atoms with Gasteiger partial charge in [0.2, 0.25) is 0 Å². The molecule has 2 rings (SSSR count). The molecule has 1 fully saturated rings. The zero-order chi connectivity index (χ0) is 12.4. The van der Waals surface area contributed by atoms with Crippen LogP contribution in [0.5, 0.6) is 0 Å². The van der Waals surface area contributed by atoms with E-state index in [0.717, 1.165) is 18.7 Å². The minimum absolute atomic E-state index is 0.0880. The van der Waals surface area contributed by atoms with E-state index in [0.29, 0.717) is 11.7 Å². The Morgan fingerprint density at radius 2 is 2.35 bits per heavy atom. The van der Waals surface area contributed by atoms with Crippen LogP contribution in [0.25, 0.3) is 0 Å². The molecule has 1 aromatic heterocycles. The normalized spacial score (nSPS) is 21.0. The van der Waals surface area contributed by atoms with E-state index in [1.807, 2.05) is 13.1 Å². The molecule has 2 heterocycles. The van der Waals surface area contributed by atoms with Crippen molar-refractivity contribution in [3.05, 3.63) is 17.5 Å². The van der Waals surface area contributed by atoms with E-state index in [1.54, 1.807) is 11.6 Å². The highest BCUT2D eigenvalue weighted by Crippen LogP contribution is 2.20. The van der Waals surface area contributed by atoms with Crippen molar-refractivity contribution in [2.45, 2.75) is 39.2 Å². The highest BCUT2D eigenvalue weighted by molar-refractivity contribution is 5.92. The van der Waals surface area contributed by atoms with E-state index in [9.17, 15) is 4.79 Å². The molecule has 1 saturated heterocycles. The van der Waals surface area contributed by atoms with Gasteiger partial charge in [0.05, 0.1) is 5.69 Å². The van der Waals surface area contributed by atoms with Gasteiger partial charge >= 0.3 is 0 Å². The monoisotopic (exact) mass is 235 g/mol. The Morgan fingerprint density at radius 1 is 1.59 bits per heavy atom. The average molecular weight is 235 g/mol. The first-order valence-corrected chi connectivity index (χ1v) is 6.39. The van der Waals surface area contributed by atoms with Crippen molar-refractivity contribution < 1.29 is 4.79 Å². The second kappa shape index (κ2) is 5.00. The second-order valence-corrected chi connectivity index (χ2v) is 4.83. The van der Waals surface area contributed by atoms with Gasteiger partial charge in [-0.15, -0.1) is 0 Å². The average Bonchev–Trinajstić information content (AvgIpc) is 2.85. The van der Waals surface area contributed by atoms with Gasteiger partial charge in [0.15, 0.2) is 5.78 Å². The zero-order valence-electron chi connectivity index (χ0n) is 10.9. The van der Waals surface area contributed by atoms with Gasteiger partial charge in [-0.3, -0.25) is 9.48 Å². The summed E-state index contributed by atoms with van der Waals surface area (Å²) in [7, 11) is 1.84. The van der Waals surface area contributed by atoms with E-state index in [-0.39, 0.29) is 5.78 Å². The van der Waals surface area contributed by atoms with E-state index in [1.165, 1.54) is 19.4 Å². The number of carbonyl (C=O) groups is 1. The molecule has 4 nitrogen and oxygen atoms in total. The SMILES string of the molecule is CCN1CCCC1Cc1cc(C(C)=O)n(C)n1. The fourth-order valence-corrected chi connectivity index (χ4v) is 2.74. The third kappa shape index (κ3) is 2.57. The number of aryl methyl sites for hydroxylation is 1. The first-order valence-electron chi connectivity index (χ1n) is 6.39. The van der Waals surface area contributed by atoms with Crippen LogP contribution in [-0.2, 0) is 13.5 Å². The van der Waals surface area contributed by atoms with Gasteiger partial charge in [-0.05, 0) is 32.0 Å². The van der Waals surface area contributed by atoms with Gasteiger partial charge in [-0.1, -0.05) is 6.92 Å². The summed E-state index contributed by atoms with van der Waals surface area (Å²) >= 11 is 0. The Labute approximate surface area is 103 Å². The number of likely N-dealkylation sites (tertiary alicyclic amines) is 1. The highest BCUT2D eigenvalue weighted by Gasteiger charge is 2.24. The first-order chi connectivity index (χ1) is 8.11. The van der Waals surface area contributed by atoms with Crippen LogP contribution in [0.15, 0.2) is 6.07 Å². The number of carbonyl (C=O) groups excluding carboxylic acids is 1. The van der Waals surface area contributed by atoms with Crippen molar-refractivity contribution >= 4 is 5.78 Å². The third-order valence-corrected chi connectivity index (χ3v) is 3.64. The molecule has 0 amide bonds. The van der Waals surface area contributed by atoms with E-state index < -0.39 is 0 Å². The van der Waals surface area contributed by atoms with Crippen LogP contribution in [0.2, 0.25) is 0 Å². The molecule has 4 heteroatoms. The predicted octanol–water partition coefficient (Wildman–Crippen LogP) is 1.65. The van der Waals surface area contributed by atoms with Crippen molar-refractivity contribution in [2.24, 2.45) is 7.05 Å². The fourth-order valence-electron chi connectivity index (χ4n) is 2.74. The van der Waals surface area contributed by atoms with Crippen LogP contribution in [0.4, 0.5) is 0 Å². The van der Waals surface area contributed by atoms with Gasteiger partial charge in [-0.2, -0.15) is 5.10 Å². The maximum atomic E-state index is 11.4. The molecule has 1 aliphatic heterocycles. The molecule has 0 N–H and O–H groups in total. The molecule has 0 saturated carbocycles. The van der Waals surface area contributed by atoms with Gasteiger partial charge in [-0.25, -0.2) is 0 Å². The topological polar surface area (TPSA) is 38.1 Å². The Hall–Kier alpha value is -1.16. The Kier molecular flexibility index (Phi) is 3.62. The summed E-state index contributed by atoms with van der Waals surface area (Å²) in [6.45, 7) is 6.11. The van der Waals surface area contributed by atoms with Crippen molar-refractivity contribution in [1.82, 2.24) is 14.7 Å². The van der Waals surface area contributed by atoms with Crippen LogP contribution >= 0.6 is 0 Å². The number of Topliss-reactive ketones (excluding diaryl/α,β-unsaturated/α-hetero) is 1. The minimum Gasteiger partial charge on any atom is -0.300 e. The molecular formula is C13H21N3O. The summed E-state index contributed by atoms with van der Waals surface area (Å²) in [6, 6.07) is 2.55. The largest absolute Gasteiger partial charge is 0.300 e. The maximum absolute atomic E-state index is 11.4. The number of ketones is 1. The smallest absolute Gasteiger partial charge is 0.177 e. The van der Waals surface area contributed by atoms with Gasteiger partial charge in [0.25, 0.3) is 0 Å². The molecule has 1 unspecified atom stereocenters. The molecule has 17 heavy (non-hydrogen) atoms. The first kappa shape index (κ1) is 12.3. The predicted molar refractivity (Wildman–Crippen MR) is 67.2 cm³/mol. The van der Waals surface area contributed by atoms with Gasteiger partial charge in [0.1, 0.15) is 5.69 Å². The second-order valence-electron chi connectivity index (χ2n) is 4.83. The summed E-state index contributed by atoms with van der Waals surface area (Å²) in [5, 5.41) is 4.43. The van der Waals surface area contributed by atoms with Crippen LogP contribution in [0.1, 0.15) is 42.9 Å². The minimum atomic E-state index is 0.0880. The summed E-state index contributed by atoms with van der Waals surface area (Å²) < 4.78 is 1.70. The van der Waals surface area contributed by atoms with Gasteiger partial charge < -0.3 is 4.90 Å². The lowest BCUT2D eigenvalue weighted by Gasteiger charge is -2.21. The maximum Gasteiger partial charge on any atom is 0.177 e. The molecule has 0 radical (unpaired) electrons. The van der Waals surface area contributed by atoms with Crippen molar-refractivity contribution in [1.29, 1.82) is 0 Å². The molecule has 0 aromatic carbocycles. The van der Waals surface area contributed by atoms with Crippen LogP contribution in [0.3, 0.4) is 0 Å². The molecule has 1 atom stereocenters. The number of nitrogens with zero attached hydrogens (tertiary/aromatic N) is 3. The molecule has 0 spiro atoms. The molecule has 94 valence electrons. The number of rotatable bonds is 4. The van der Waals surface area contributed by atoms with Crippen molar-refractivity contribution in [3.63, 3.8) is 0 Å². The lowest BCUT2D eigenvalue weighted by Crippen LogP contribution is -2.30. The number of likely N-dealkylation sites (N-methyl/N-ethyl adjacent to an activating group) is 1. The summed E-state index contributed by atoms with van der Waals surface area (Å²) in [5.74, 6) is 0.0880. The number of aromatic nitrogens is 2. The zero-order valence-corrected chi connectivity index (χ0v) is 10.9.